The van der Waals surface area contributed by atoms with E-state index in [0.717, 1.165) is 13.0 Å². The van der Waals surface area contributed by atoms with Gasteiger partial charge in [-0.1, -0.05) is 32.0 Å². The second-order valence-corrected chi connectivity index (χ2v) is 4.24. The van der Waals surface area contributed by atoms with E-state index in [4.69, 9.17) is 0 Å². The van der Waals surface area contributed by atoms with Gasteiger partial charge in [0.1, 0.15) is 0 Å². The molecule has 0 bridgehead atoms. The molecule has 0 unspecified atom stereocenters. The average molecular weight is 202 g/mol. The minimum Gasteiger partial charge on any atom is -0.358 e. The van der Waals surface area contributed by atoms with Crippen molar-refractivity contribution >= 4 is 10.9 Å². The number of para-hydroxylation sites is 1. The topological polar surface area (TPSA) is 27.8 Å². The first-order valence-electron chi connectivity index (χ1n) is 5.56. The van der Waals surface area contributed by atoms with Gasteiger partial charge in [-0.25, -0.2) is 0 Å². The molecule has 1 aromatic carbocycles. The summed E-state index contributed by atoms with van der Waals surface area (Å²) in [7, 11) is 0. The summed E-state index contributed by atoms with van der Waals surface area (Å²) in [6.45, 7) is 5.38. The summed E-state index contributed by atoms with van der Waals surface area (Å²) in [6, 6.07) is 11.2. The van der Waals surface area contributed by atoms with Gasteiger partial charge >= 0.3 is 0 Å². The molecule has 2 rings (SSSR count). The molecule has 1 aromatic heterocycles. The summed E-state index contributed by atoms with van der Waals surface area (Å²) < 4.78 is 0. The molecule has 2 heteroatoms. The molecule has 2 N–H and O–H groups in total. The molecule has 2 nitrogen and oxygen atoms in total. The van der Waals surface area contributed by atoms with Crippen molar-refractivity contribution in [2.24, 2.45) is 0 Å². The number of fused-ring (bicyclic) bond motifs is 1. The standard InChI is InChI=1S/C13H18N2/c1-10(2)14-8-7-12-9-11-5-3-4-6-13(11)15-12/h3-6,9-10,14-15H,7-8H2,1-2H3. The molecule has 0 radical (unpaired) electrons. The fourth-order valence-corrected chi connectivity index (χ4v) is 1.76. The number of hydrogen-bond acceptors (Lipinski definition) is 1. The number of nitrogens with one attached hydrogen (secondary N) is 2. The van der Waals surface area contributed by atoms with Crippen molar-refractivity contribution in [1.82, 2.24) is 10.3 Å². The Bertz CT molecular complexity index is 396. The van der Waals surface area contributed by atoms with Crippen LogP contribution in [0.4, 0.5) is 0 Å². The molecule has 0 saturated carbocycles. The monoisotopic (exact) mass is 202 g/mol. The van der Waals surface area contributed by atoms with E-state index < -0.39 is 0 Å². The third-order valence-corrected chi connectivity index (χ3v) is 2.53. The summed E-state index contributed by atoms with van der Waals surface area (Å²) >= 11 is 0. The maximum atomic E-state index is 3.43. The van der Waals surface area contributed by atoms with E-state index >= 15 is 0 Å². The van der Waals surface area contributed by atoms with Gasteiger partial charge in [-0.15, -0.1) is 0 Å². The molecular weight excluding hydrogens is 184 g/mol. The Balaban J connectivity index is 2.03. The van der Waals surface area contributed by atoms with Crippen LogP contribution in [-0.2, 0) is 6.42 Å². The van der Waals surface area contributed by atoms with E-state index in [9.17, 15) is 0 Å². The lowest BCUT2D eigenvalue weighted by atomic mass is 10.2. The number of H-pyrrole nitrogens is 1. The fourth-order valence-electron chi connectivity index (χ4n) is 1.76. The first kappa shape index (κ1) is 10.2. The highest BCUT2D eigenvalue weighted by Gasteiger charge is 1.99. The van der Waals surface area contributed by atoms with Crippen LogP contribution in [0.2, 0.25) is 0 Å². The molecule has 0 aliphatic carbocycles. The van der Waals surface area contributed by atoms with E-state index in [2.05, 4.69) is 54.5 Å². The highest BCUT2D eigenvalue weighted by molar-refractivity contribution is 5.80. The van der Waals surface area contributed by atoms with E-state index in [1.165, 1.54) is 16.6 Å². The fraction of sp³-hybridized carbons (Fsp3) is 0.385. The molecule has 0 saturated heterocycles. The lowest BCUT2D eigenvalue weighted by Gasteiger charge is -2.06. The Labute approximate surface area is 90.7 Å². The van der Waals surface area contributed by atoms with Crippen LogP contribution in [0.25, 0.3) is 10.9 Å². The Morgan fingerprint density at radius 1 is 1.27 bits per heavy atom. The van der Waals surface area contributed by atoms with Gasteiger partial charge in [0.2, 0.25) is 0 Å². The lowest BCUT2D eigenvalue weighted by Crippen LogP contribution is -2.24. The molecular formula is C13H18N2. The summed E-state index contributed by atoms with van der Waals surface area (Å²) in [5.41, 5.74) is 2.54. The highest BCUT2D eigenvalue weighted by atomic mass is 14.9. The first-order chi connectivity index (χ1) is 7.25. The van der Waals surface area contributed by atoms with Gasteiger partial charge in [-0.2, -0.15) is 0 Å². The van der Waals surface area contributed by atoms with Gasteiger partial charge in [-0.05, 0) is 23.9 Å². The predicted octanol–water partition coefficient (Wildman–Crippen LogP) is 2.71. The molecule has 15 heavy (non-hydrogen) atoms. The van der Waals surface area contributed by atoms with Crippen LogP contribution in [0.15, 0.2) is 30.3 Å². The van der Waals surface area contributed by atoms with Crippen LogP contribution in [0.1, 0.15) is 19.5 Å². The third kappa shape index (κ3) is 2.60. The number of rotatable bonds is 4. The van der Waals surface area contributed by atoms with Crippen LogP contribution in [-0.4, -0.2) is 17.6 Å². The van der Waals surface area contributed by atoms with Crippen LogP contribution in [0.5, 0.6) is 0 Å². The van der Waals surface area contributed by atoms with Crippen molar-refractivity contribution in [3.63, 3.8) is 0 Å². The normalized spacial score (nSPS) is 11.4. The van der Waals surface area contributed by atoms with Gasteiger partial charge in [0.05, 0.1) is 0 Å². The smallest absolute Gasteiger partial charge is 0.0456 e. The molecule has 0 atom stereocenters. The number of aromatic amines is 1. The molecule has 0 aliphatic heterocycles. The molecule has 0 spiro atoms. The van der Waals surface area contributed by atoms with Crippen molar-refractivity contribution in [3.05, 3.63) is 36.0 Å². The lowest BCUT2D eigenvalue weighted by molar-refractivity contribution is 0.588. The van der Waals surface area contributed by atoms with Gasteiger partial charge in [0, 0.05) is 23.8 Å². The third-order valence-electron chi connectivity index (χ3n) is 2.53. The minimum atomic E-state index is 0.564. The van der Waals surface area contributed by atoms with Crippen molar-refractivity contribution in [2.45, 2.75) is 26.3 Å². The van der Waals surface area contributed by atoms with E-state index in [-0.39, 0.29) is 0 Å². The van der Waals surface area contributed by atoms with E-state index in [0.29, 0.717) is 6.04 Å². The first-order valence-corrected chi connectivity index (χ1v) is 5.56. The van der Waals surface area contributed by atoms with Crippen LogP contribution < -0.4 is 5.32 Å². The second-order valence-electron chi connectivity index (χ2n) is 4.24. The molecule has 2 aromatic rings. The molecule has 0 amide bonds. The Kier molecular flexibility index (Phi) is 3.07. The Morgan fingerprint density at radius 3 is 2.80 bits per heavy atom. The molecule has 80 valence electrons. The largest absolute Gasteiger partial charge is 0.358 e. The summed E-state index contributed by atoms with van der Waals surface area (Å²) in [5, 5.41) is 4.72. The van der Waals surface area contributed by atoms with E-state index in [1.807, 2.05) is 0 Å². The molecule has 1 heterocycles. The molecule has 0 fully saturated rings. The summed E-state index contributed by atoms with van der Waals surface area (Å²) in [4.78, 5) is 3.43. The quantitative estimate of drug-likeness (QED) is 0.784. The van der Waals surface area contributed by atoms with Gasteiger partial charge in [0.15, 0.2) is 0 Å². The van der Waals surface area contributed by atoms with Crippen molar-refractivity contribution in [1.29, 1.82) is 0 Å². The summed E-state index contributed by atoms with van der Waals surface area (Å²) in [5.74, 6) is 0. The van der Waals surface area contributed by atoms with Gasteiger partial charge in [0.25, 0.3) is 0 Å². The maximum Gasteiger partial charge on any atom is 0.0456 e. The van der Waals surface area contributed by atoms with Crippen molar-refractivity contribution in [2.75, 3.05) is 6.54 Å². The predicted molar refractivity (Wildman–Crippen MR) is 65.1 cm³/mol. The maximum absolute atomic E-state index is 3.43. The zero-order valence-electron chi connectivity index (χ0n) is 9.38. The van der Waals surface area contributed by atoms with Crippen LogP contribution >= 0.6 is 0 Å². The zero-order valence-corrected chi connectivity index (χ0v) is 9.38. The number of aromatic nitrogens is 1. The van der Waals surface area contributed by atoms with Gasteiger partial charge in [-0.3, -0.25) is 0 Å². The second kappa shape index (κ2) is 4.49. The minimum absolute atomic E-state index is 0.564. The van der Waals surface area contributed by atoms with Crippen molar-refractivity contribution < 1.29 is 0 Å². The van der Waals surface area contributed by atoms with Gasteiger partial charge < -0.3 is 10.3 Å². The Hall–Kier alpha value is -1.28. The SMILES string of the molecule is CC(C)NCCc1cc2ccccc2[nH]1. The zero-order chi connectivity index (χ0) is 10.7. The average Bonchev–Trinajstić information content (AvgIpc) is 2.59. The van der Waals surface area contributed by atoms with Crippen LogP contribution in [0, 0.1) is 0 Å². The highest BCUT2D eigenvalue weighted by Crippen LogP contribution is 2.14. The van der Waals surface area contributed by atoms with Crippen LogP contribution in [0.3, 0.4) is 0 Å². The van der Waals surface area contributed by atoms with Crippen molar-refractivity contribution in [3.8, 4) is 0 Å². The Morgan fingerprint density at radius 2 is 2.07 bits per heavy atom. The summed E-state index contributed by atoms with van der Waals surface area (Å²) in [6.07, 6.45) is 1.06. The molecule has 0 aliphatic rings. The number of benzene rings is 1. The number of hydrogen-bond donors (Lipinski definition) is 2. The van der Waals surface area contributed by atoms with E-state index in [1.54, 1.807) is 0 Å².